The van der Waals surface area contributed by atoms with E-state index in [1.807, 2.05) is 0 Å². The maximum Gasteiger partial charge on any atom is 0.166 e. The maximum absolute atomic E-state index is 12.8. The first-order valence-electron chi connectivity index (χ1n) is 9.58. The van der Waals surface area contributed by atoms with Crippen molar-refractivity contribution in [1.29, 1.82) is 0 Å². The largest absolute Gasteiger partial charge is 0.492 e. The number of fused-ring (bicyclic) bond motifs is 2. The average molecular weight is 379 g/mol. The zero-order valence-corrected chi connectivity index (χ0v) is 16.1. The molecule has 2 unspecified atom stereocenters. The van der Waals surface area contributed by atoms with Crippen molar-refractivity contribution < 1.29 is 14.3 Å². The molecule has 1 aromatic rings. The van der Waals surface area contributed by atoms with Crippen LogP contribution < -0.4 is 10.5 Å². The summed E-state index contributed by atoms with van der Waals surface area (Å²) in [7, 11) is 1.75. The molecule has 2 heterocycles. The number of ether oxygens (including phenoxy) is 2. The van der Waals surface area contributed by atoms with Gasteiger partial charge >= 0.3 is 0 Å². The summed E-state index contributed by atoms with van der Waals surface area (Å²) in [6.07, 6.45) is 3.37. The number of piperidine rings is 1. The number of ketones is 1. The van der Waals surface area contributed by atoms with Crippen molar-refractivity contribution >= 4 is 23.1 Å². The van der Waals surface area contributed by atoms with Gasteiger partial charge in [-0.05, 0) is 36.7 Å². The van der Waals surface area contributed by atoms with Gasteiger partial charge in [-0.25, -0.2) is 0 Å². The van der Waals surface area contributed by atoms with Crippen LogP contribution in [0, 0.1) is 17.8 Å². The first-order chi connectivity index (χ1) is 12.6. The third kappa shape index (κ3) is 3.32. The fourth-order valence-corrected chi connectivity index (χ4v) is 5.01. The van der Waals surface area contributed by atoms with Crippen LogP contribution in [0.3, 0.4) is 0 Å². The maximum atomic E-state index is 12.8. The van der Waals surface area contributed by atoms with Gasteiger partial charge in [0.2, 0.25) is 0 Å². The summed E-state index contributed by atoms with van der Waals surface area (Å²) in [4.78, 5) is 15.3. The predicted molar refractivity (Wildman–Crippen MR) is 102 cm³/mol. The Morgan fingerprint density at radius 3 is 2.92 bits per heavy atom. The van der Waals surface area contributed by atoms with E-state index in [-0.39, 0.29) is 5.78 Å². The molecular formula is C20H27ClN2O3. The van der Waals surface area contributed by atoms with Crippen molar-refractivity contribution in [3.8, 4) is 5.75 Å². The average Bonchev–Trinajstić information content (AvgIpc) is 3.00. The van der Waals surface area contributed by atoms with Gasteiger partial charge in [0, 0.05) is 51.8 Å². The zero-order valence-electron chi connectivity index (χ0n) is 15.3. The van der Waals surface area contributed by atoms with E-state index in [1.54, 1.807) is 13.2 Å². The van der Waals surface area contributed by atoms with Crippen molar-refractivity contribution in [2.24, 2.45) is 17.8 Å². The summed E-state index contributed by atoms with van der Waals surface area (Å²) in [5.41, 5.74) is 8.09. The smallest absolute Gasteiger partial charge is 0.166 e. The molecule has 6 heteroatoms. The van der Waals surface area contributed by atoms with Crippen molar-refractivity contribution in [3.63, 3.8) is 0 Å². The molecule has 142 valence electrons. The first-order valence-corrected chi connectivity index (χ1v) is 9.96. The number of likely N-dealkylation sites (tertiary alicyclic amines) is 1. The SMILES string of the molecule is COCCCN1CC2C(CCC(=O)c3cc(Cl)c(N)c4c3OCC4)C2C1. The molecule has 0 spiro atoms. The van der Waals surface area contributed by atoms with Crippen LogP contribution in [0.1, 0.15) is 35.2 Å². The summed E-state index contributed by atoms with van der Waals surface area (Å²) in [5, 5.41) is 0.465. The highest BCUT2D eigenvalue weighted by Crippen LogP contribution is 2.54. The molecular weight excluding hydrogens is 352 g/mol. The Morgan fingerprint density at radius 1 is 1.42 bits per heavy atom. The Morgan fingerprint density at radius 2 is 2.19 bits per heavy atom. The van der Waals surface area contributed by atoms with Gasteiger partial charge in [0.15, 0.2) is 5.78 Å². The fourth-order valence-electron chi connectivity index (χ4n) is 4.79. The lowest BCUT2D eigenvalue weighted by molar-refractivity contribution is 0.0972. The summed E-state index contributed by atoms with van der Waals surface area (Å²) < 4.78 is 10.8. The van der Waals surface area contributed by atoms with Gasteiger partial charge in [0.05, 0.1) is 22.9 Å². The highest BCUT2D eigenvalue weighted by Gasteiger charge is 2.54. The summed E-state index contributed by atoms with van der Waals surface area (Å²) in [6.45, 7) is 4.89. The van der Waals surface area contributed by atoms with Crippen LogP contribution in [0.2, 0.25) is 5.02 Å². The van der Waals surface area contributed by atoms with Crippen molar-refractivity contribution in [2.75, 3.05) is 45.7 Å². The molecule has 1 aliphatic carbocycles. The molecule has 2 atom stereocenters. The lowest BCUT2D eigenvalue weighted by atomic mass is 9.99. The molecule has 2 fully saturated rings. The Kier molecular flexibility index (Phi) is 5.13. The van der Waals surface area contributed by atoms with Crippen molar-refractivity contribution in [3.05, 3.63) is 22.2 Å². The number of anilines is 1. The molecule has 0 aromatic heterocycles. The number of hydrogen-bond donors (Lipinski definition) is 1. The van der Waals surface area contributed by atoms with Crippen LogP contribution in [0.5, 0.6) is 5.75 Å². The van der Waals surface area contributed by atoms with Gasteiger partial charge in [0.25, 0.3) is 0 Å². The predicted octanol–water partition coefficient (Wildman–Crippen LogP) is 3.03. The Labute approximate surface area is 159 Å². The quantitative estimate of drug-likeness (QED) is 0.428. The van der Waals surface area contributed by atoms with E-state index in [1.165, 1.54) is 13.1 Å². The summed E-state index contributed by atoms with van der Waals surface area (Å²) >= 11 is 6.22. The second-order valence-corrected chi connectivity index (χ2v) is 8.19. The molecule has 5 nitrogen and oxygen atoms in total. The van der Waals surface area contributed by atoms with E-state index < -0.39 is 0 Å². The van der Waals surface area contributed by atoms with Crippen LogP contribution >= 0.6 is 11.6 Å². The number of halogens is 1. The van der Waals surface area contributed by atoms with E-state index in [0.29, 0.717) is 41.0 Å². The van der Waals surface area contributed by atoms with E-state index in [0.717, 1.165) is 49.8 Å². The molecule has 1 saturated carbocycles. The van der Waals surface area contributed by atoms with Crippen LogP contribution in [0.15, 0.2) is 6.07 Å². The third-order valence-electron chi connectivity index (χ3n) is 6.25. The van der Waals surface area contributed by atoms with Gasteiger partial charge in [0.1, 0.15) is 5.75 Å². The number of benzene rings is 1. The number of nitrogens with two attached hydrogens (primary N) is 1. The Bertz CT molecular complexity index is 697. The second kappa shape index (κ2) is 7.37. The molecule has 0 bridgehead atoms. The van der Waals surface area contributed by atoms with E-state index in [2.05, 4.69) is 4.90 Å². The highest BCUT2D eigenvalue weighted by atomic mass is 35.5. The van der Waals surface area contributed by atoms with Gasteiger partial charge < -0.3 is 20.1 Å². The highest BCUT2D eigenvalue weighted by molar-refractivity contribution is 6.33. The standard InChI is InChI=1S/C20H27ClN2O3/c1-25-7-2-6-23-10-15-12(16(15)11-23)3-4-18(24)14-9-17(21)19(22)13-5-8-26-20(13)14/h9,12,15-16H,2-8,10-11,22H2,1H3. The molecule has 1 aromatic carbocycles. The van der Waals surface area contributed by atoms with Crippen LogP contribution in [-0.4, -0.2) is 50.6 Å². The lowest BCUT2D eigenvalue weighted by Gasteiger charge is -2.19. The van der Waals surface area contributed by atoms with Crippen LogP contribution in [-0.2, 0) is 11.2 Å². The molecule has 0 radical (unpaired) electrons. The molecule has 2 N–H and O–H groups in total. The number of methoxy groups -OCH3 is 1. The molecule has 26 heavy (non-hydrogen) atoms. The van der Waals surface area contributed by atoms with Gasteiger partial charge in [-0.3, -0.25) is 4.79 Å². The number of nitrogens with zero attached hydrogens (tertiary/aromatic N) is 1. The number of hydrogen-bond acceptors (Lipinski definition) is 5. The zero-order chi connectivity index (χ0) is 18.3. The van der Waals surface area contributed by atoms with Crippen molar-refractivity contribution in [2.45, 2.75) is 25.7 Å². The third-order valence-corrected chi connectivity index (χ3v) is 6.56. The first kappa shape index (κ1) is 18.1. The monoisotopic (exact) mass is 378 g/mol. The Balaban J connectivity index is 1.29. The van der Waals surface area contributed by atoms with Crippen LogP contribution in [0.25, 0.3) is 0 Å². The topological polar surface area (TPSA) is 64.8 Å². The van der Waals surface area contributed by atoms with Crippen LogP contribution in [0.4, 0.5) is 5.69 Å². The minimum Gasteiger partial charge on any atom is -0.492 e. The number of nitrogen functional groups attached to an aromatic ring is 1. The van der Waals surface area contributed by atoms with Gasteiger partial charge in [-0.15, -0.1) is 0 Å². The van der Waals surface area contributed by atoms with Gasteiger partial charge in [-0.2, -0.15) is 0 Å². The molecule has 0 amide bonds. The number of carbonyl (C=O) groups excluding carboxylic acids is 1. The minimum atomic E-state index is 0.131. The molecule has 3 aliphatic rings. The molecule has 2 aliphatic heterocycles. The van der Waals surface area contributed by atoms with Crippen molar-refractivity contribution in [1.82, 2.24) is 4.90 Å². The number of Topliss-reactive ketones (excluding diaryl/α,β-unsaturated/α-hetero) is 1. The minimum absolute atomic E-state index is 0.131. The van der Waals surface area contributed by atoms with E-state index in [4.69, 9.17) is 26.8 Å². The fraction of sp³-hybridized carbons (Fsp3) is 0.650. The summed E-state index contributed by atoms with van der Waals surface area (Å²) in [6, 6.07) is 1.69. The number of carbonyl (C=O) groups is 1. The lowest BCUT2D eigenvalue weighted by Crippen LogP contribution is -2.26. The summed E-state index contributed by atoms with van der Waals surface area (Å²) in [5.74, 6) is 3.06. The second-order valence-electron chi connectivity index (χ2n) is 7.79. The van der Waals surface area contributed by atoms with Gasteiger partial charge in [-0.1, -0.05) is 11.6 Å². The van der Waals surface area contributed by atoms with E-state index >= 15 is 0 Å². The molecule has 4 rings (SSSR count). The van der Waals surface area contributed by atoms with E-state index in [9.17, 15) is 4.79 Å². The number of rotatable bonds is 8. The molecule has 1 saturated heterocycles. The Hall–Kier alpha value is -1.30. The normalized spacial score (nSPS) is 26.5.